The molecule has 0 saturated heterocycles. The number of pyridine rings is 1. The summed E-state index contributed by atoms with van der Waals surface area (Å²) in [5.74, 6) is 0.876. The van der Waals surface area contributed by atoms with Crippen LogP contribution in [-0.4, -0.2) is 34.3 Å². The van der Waals surface area contributed by atoms with Crippen LogP contribution in [0, 0.1) is 0 Å². The maximum Gasteiger partial charge on any atom is 0.223 e. The Morgan fingerprint density at radius 1 is 1.00 bits per heavy atom. The minimum absolute atomic E-state index is 0.0192. The number of ether oxygens (including phenoxy) is 1. The van der Waals surface area contributed by atoms with Gasteiger partial charge in [0.25, 0.3) is 0 Å². The summed E-state index contributed by atoms with van der Waals surface area (Å²) in [6, 6.07) is 24.0. The van der Waals surface area contributed by atoms with Crippen molar-refractivity contribution in [2.75, 3.05) is 14.2 Å². The molecular weight excluding hydrogens is 374 g/mol. The molecule has 0 N–H and O–H groups in total. The van der Waals surface area contributed by atoms with Crippen LogP contribution in [0.2, 0.25) is 0 Å². The van der Waals surface area contributed by atoms with E-state index in [0.29, 0.717) is 13.0 Å². The van der Waals surface area contributed by atoms with E-state index < -0.39 is 0 Å². The number of carbonyl (C=O) groups excluding carboxylic acids is 1. The fourth-order valence-corrected chi connectivity index (χ4v) is 3.71. The second-order valence-corrected chi connectivity index (χ2v) is 7.37. The van der Waals surface area contributed by atoms with E-state index in [1.165, 1.54) is 0 Å². The lowest BCUT2D eigenvalue weighted by atomic mass is 9.88. The van der Waals surface area contributed by atoms with Crippen LogP contribution in [0.5, 0.6) is 5.75 Å². The Bertz CT molecular complexity index is 1120. The van der Waals surface area contributed by atoms with E-state index in [1.54, 1.807) is 12.0 Å². The average Bonchev–Trinajstić information content (AvgIpc) is 3.21. The SMILES string of the molecule is COc1ccc([C@H](CC(=O)N(C)Cc2cnc3ccccn23)c2ccccc2)cc1. The summed E-state index contributed by atoms with van der Waals surface area (Å²) in [5.41, 5.74) is 4.09. The lowest BCUT2D eigenvalue weighted by molar-refractivity contribution is -0.130. The number of imidazole rings is 1. The molecule has 0 aliphatic rings. The Morgan fingerprint density at radius 2 is 1.70 bits per heavy atom. The van der Waals surface area contributed by atoms with Crippen molar-refractivity contribution < 1.29 is 9.53 Å². The van der Waals surface area contributed by atoms with Gasteiger partial charge in [-0.15, -0.1) is 0 Å². The number of benzene rings is 2. The maximum absolute atomic E-state index is 13.2. The van der Waals surface area contributed by atoms with Gasteiger partial charge in [-0.2, -0.15) is 0 Å². The zero-order valence-corrected chi connectivity index (χ0v) is 17.2. The van der Waals surface area contributed by atoms with Crippen molar-refractivity contribution in [1.82, 2.24) is 14.3 Å². The van der Waals surface area contributed by atoms with Crippen LogP contribution < -0.4 is 4.74 Å². The largest absolute Gasteiger partial charge is 0.497 e. The Kier molecular flexibility index (Phi) is 5.80. The van der Waals surface area contributed by atoms with E-state index in [2.05, 4.69) is 17.1 Å². The number of aromatic nitrogens is 2. The van der Waals surface area contributed by atoms with Gasteiger partial charge in [-0.05, 0) is 35.4 Å². The summed E-state index contributed by atoms with van der Waals surface area (Å²) in [5, 5.41) is 0. The Labute approximate surface area is 176 Å². The normalized spacial score (nSPS) is 11.9. The molecule has 2 heterocycles. The molecule has 0 saturated carbocycles. The van der Waals surface area contributed by atoms with E-state index in [1.807, 2.05) is 84.5 Å². The first-order valence-corrected chi connectivity index (χ1v) is 9.99. The molecule has 0 bridgehead atoms. The molecule has 0 radical (unpaired) electrons. The van der Waals surface area contributed by atoms with Crippen LogP contribution in [0.15, 0.2) is 85.2 Å². The molecule has 4 aromatic rings. The number of amides is 1. The number of nitrogens with zero attached hydrogens (tertiary/aromatic N) is 3. The van der Waals surface area contributed by atoms with Gasteiger partial charge in [0.2, 0.25) is 5.91 Å². The molecule has 152 valence electrons. The highest BCUT2D eigenvalue weighted by Gasteiger charge is 2.21. The molecule has 0 aliphatic carbocycles. The fourth-order valence-electron chi connectivity index (χ4n) is 3.71. The molecule has 0 fully saturated rings. The molecule has 5 heteroatoms. The number of hydrogen-bond donors (Lipinski definition) is 0. The molecule has 1 atom stereocenters. The van der Waals surface area contributed by atoms with Crippen LogP contribution in [-0.2, 0) is 11.3 Å². The predicted octanol–water partition coefficient (Wildman–Crippen LogP) is 4.52. The van der Waals surface area contributed by atoms with Crippen LogP contribution in [0.3, 0.4) is 0 Å². The van der Waals surface area contributed by atoms with Gasteiger partial charge in [0, 0.05) is 25.6 Å². The van der Waals surface area contributed by atoms with Crippen LogP contribution in [0.25, 0.3) is 5.65 Å². The van der Waals surface area contributed by atoms with Gasteiger partial charge in [-0.3, -0.25) is 4.79 Å². The first-order chi connectivity index (χ1) is 14.7. The molecule has 4 rings (SSSR count). The highest BCUT2D eigenvalue weighted by molar-refractivity contribution is 5.77. The van der Waals surface area contributed by atoms with Crippen LogP contribution in [0.4, 0.5) is 0 Å². The van der Waals surface area contributed by atoms with Crippen LogP contribution >= 0.6 is 0 Å². The third kappa shape index (κ3) is 4.20. The van der Waals surface area contributed by atoms with Gasteiger partial charge in [0.05, 0.1) is 25.5 Å². The van der Waals surface area contributed by atoms with Crippen molar-refractivity contribution in [2.45, 2.75) is 18.9 Å². The summed E-state index contributed by atoms with van der Waals surface area (Å²) in [6.07, 6.45) is 4.20. The predicted molar refractivity (Wildman–Crippen MR) is 118 cm³/mol. The lowest BCUT2D eigenvalue weighted by Gasteiger charge is -2.22. The van der Waals surface area contributed by atoms with E-state index in [-0.39, 0.29) is 11.8 Å². The molecule has 0 unspecified atom stereocenters. The highest BCUT2D eigenvalue weighted by atomic mass is 16.5. The van der Waals surface area contributed by atoms with Crippen molar-refractivity contribution in [3.8, 4) is 5.75 Å². The van der Waals surface area contributed by atoms with E-state index in [9.17, 15) is 4.79 Å². The van der Waals surface area contributed by atoms with Crippen molar-refractivity contribution in [3.05, 3.63) is 102 Å². The fraction of sp³-hybridized carbons (Fsp3) is 0.200. The van der Waals surface area contributed by atoms with Gasteiger partial charge in [-0.25, -0.2) is 4.98 Å². The minimum atomic E-state index is -0.0192. The number of hydrogen-bond acceptors (Lipinski definition) is 3. The number of fused-ring (bicyclic) bond motifs is 1. The summed E-state index contributed by atoms with van der Waals surface area (Å²) in [7, 11) is 3.50. The molecule has 30 heavy (non-hydrogen) atoms. The van der Waals surface area contributed by atoms with E-state index in [4.69, 9.17) is 4.74 Å². The van der Waals surface area contributed by atoms with Crippen molar-refractivity contribution in [2.24, 2.45) is 0 Å². The van der Waals surface area contributed by atoms with Crippen molar-refractivity contribution in [3.63, 3.8) is 0 Å². The standard InChI is InChI=1S/C25H25N3O2/c1-27(18-21-17-26-24-10-6-7-15-28(21)24)25(29)16-23(19-8-4-3-5-9-19)20-11-13-22(30-2)14-12-20/h3-15,17,23H,16,18H2,1-2H3/t23-/m1/s1. The Balaban J connectivity index is 1.55. The Morgan fingerprint density at radius 3 is 2.43 bits per heavy atom. The quantitative estimate of drug-likeness (QED) is 0.459. The van der Waals surface area contributed by atoms with Crippen molar-refractivity contribution in [1.29, 1.82) is 0 Å². The number of carbonyl (C=O) groups is 1. The second kappa shape index (κ2) is 8.82. The molecule has 0 spiro atoms. The average molecular weight is 399 g/mol. The van der Waals surface area contributed by atoms with Gasteiger partial charge in [0.1, 0.15) is 11.4 Å². The minimum Gasteiger partial charge on any atom is -0.497 e. The third-order valence-electron chi connectivity index (χ3n) is 5.42. The summed E-state index contributed by atoms with van der Waals surface area (Å²) in [6.45, 7) is 0.508. The zero-order valence-electron chi connectivity index (χ0n) is 17.2. The first kappa shape index (κ1) is 19.7. The first-order valence-electron chi connectivity index (χ1n) is 9.99. The van der Waals surface area contributed by atoms with Crippen molar-refractivity contribution >= 4 is 11.6 Å². The third-order valence-corrected chi connectivity index (χ3v) is 5.42. The molecule has 5 nitrogen and oxygen atoms in total. The lowest BCUT2D eigenvalue weighted by Crippen LogP contribution is -2.28. The summed E-state index contributed by atoms with van der Waals surface area (Å²) in [4.78, 5) is 19.3. The molecule has 2 aromatic carbocycles. The Hall–Kier alpha value is -3.60. The molecule has 0 aliphatic heterocycles. The van der Waals surface area contributed by atoms with Gasteiger partial charge < -0.3 is 14.0 Å². The highest BCUT2D eigenvalue weighted by Crippen LogP contribution is 2.30. The van der Waals surface area contributed by atoms with Gasteiger partial charge >= 0.3 is 0 Å². The summed E-state index contributed by atoms with van der Waals surface area (Å²) < 4.78 is 7.30. The zero-order chi connectivity index (χ0) is 20.9. The smallest absolute Gasteiger partial charge is 0.223 e. The number of rotatable bonds is 7. The molecular formula is C25H25N3O2. The van der Waals surface area contributed by atoms with Crippen LogP contribution in [0.1, 0.15) is 29.2 Å². The van der Waals surface area contributed by atoms with Gasteiger partial charge in [0.15, 0.2) is 0 Å². The summed E-state index contributed by atoms with van der Waals surface area (Å²) >= 11 is 0. The number of methoxy groups -OCH3 is 1. The molecule has 1 amide bonds. The monoisotopic (exact) mass is 399 g/mol. The molecule has 2 aromatic heterocycles. The second-order valence-electron chi connectivity index (χ2n) is 7.37. The maximum atomic E-state index is 13.2. The van der Waals surface area contributed by atoms with E-state index >= 15 is 0 Å². The topological polar surface area (TPSA) is 46.8 Å². The van der Waals surface area contributed by atoms with E-state index in [0.717, 1.165) is 28.2 Å². The van der Waals surface area contributed by atoms with Gasteiger partial charge in [-0.1, -0.05) is 48.5 Å².